The first-order valence-electron chi connectivity index (χ1n) is 8.45. The van der Waals surface area contributed by atoms with Crippen LogP contribution in [-0.4, -0.2) is 38.0 Å². The highest BCUT2D eigenvalue weighted by Crippen LogP contribution is 2.17. The first kappa shape index (κ1) is 21.2. The van der Waals surface area contributed by atoms with Gasteiger partial charge in [0.15, 0.2) is 5.96 Å². The minimum absolute atomic E-state index is 0. The Morgan fingerprint density at radius 2 is 2.08 bits per heavy atom. The molecule has 0 aromatic carbocycles. The molecule has 1 amide bonds. The molecule has 0 bridgehead atoms. The average molecular weight is 464 g/mol. The number of nitrogens with zero attached hydrogens (tertiary/aromatic N) is 1. The van der Waals surface area contributed by atoms with Crippen molar-refractivity contribution < 1.29 is 4.79 Å². The number of amides is 1. The van der Waals surface area contributed by atoms with Crippen LogP contribution < -0.4 is 16.0 Å². The standard InChI is InChI=1S/C17H28N4OS.HI/c1-13(14-8-9-23-12-14)10-19-17(18-2)20-11-16(22)21-15-6-4-3-5-7-15;/h8-9,12-13,15H,3-7,10-11H2,1-2H3,(H,21,22)(H2,18,19,20);1H. The summed E-state index contributed by atoms with van der Waals surface area (Å²) in [6.07, 6.45) is 5.96. The van der Waals surface area contributed by atoms with Crippen molar-refractivity contribution in [1.82, 2.24) is 16.0 Å². The van der Waals surface area contributed by atoms with E-state index in [4.69, 9.17) is 0 Å². The lowest BCUT2D eigenvalue weighted by Gasteiger charge is -2.23. The molecule has 0 aliphatic heterocycles. The fraction of sp³-hybridized carbons (Fsp3) is 0.647. The van der Waals surface area contributed by atoms with E-state index in [1.165, 1.54) is 24.8 Å². The Morgan fingerprint density at radius 3 is 2.71 bits per heavy atom. The van der Waals surface area contributed by atoms with Crippen LogP contribution in [0.5, 0.6) is 0 Å². The predicted molar refractivity (Wildman–Crippen MR) is 113 cm³/mol. The monoisotopic (exact) mass is 464 g/mol. The van der Waals surface area contributed by atoms with E-state index in [-0.39, 0.29) is 36.4 Å². The van der Waals surface area contributed by atoms with Gasteiger partial charge in [-0.05, 0) is 41.1 Å². The summed E-state index contributed by atoms with van der Waals surface area (Å²) in [5, 5.41) is 13.7. The summed E-state index contributed by atoms with van der Waals surface area (Å²) < 4.78 is 0. The maximum atomic E-state index is 12.0. The van der Waals surface area contributed by atoms with Crippen molar-refractivity contribution in [1.29, 1.82) is 0 Å². The first-order valence-corrected chi connectivity index (χ1v) is 9.39. The predicted octanol–water partition coefficient (Wildman–Crippen LogP) is 3.08. The topological polar surface area (TPSA) is 65.5 Å². The van der Waals surface area contributed by atoms with Crippen molar-refractivity contribution >= 4 is 47.2 Å². The van der Waals surface area contributed by atoms with Crippen LogP contribution >= 0.6 is 35.3 Å². The van der Waals surface area contributed by atoms with Crippen LogP contribution in [-0.2, 0) is 4.79 Å². The number of guanidine groups is 1. The molecule has 1 atom stereocenters. The molecule has 1 saturated carbocycles. The van der Waals surface area contributed by atoms with E-state index in [1.54, 1.807) is 18.4 Å². The average Bonchev–Trinajstić information content (AvgIpc) is 3.10. The summed E-state index contributed by atoms with van der Waals surface area (Å²) in [7, 11) is 1.73. The molecule has 1 aromatic heterocycles. The van der Waals surface area contributed by atoms with Gasteiger partial charge in [-0.3, -0.25) is 9.79 Å². The lowest BCUT2D eigenvalue weighted by Crippen LogP contribution is -2.46. The maximum Gasteiger partial charge on any atom is 0.239 e. The second-order valence-corrected chi connectivity index (χ2v) is 6.95. The third-order valence-corrected chi connectivity index (χ3v) is 5.00. The number of hydrogen-bond acceptors (Lipinski definition) is 3. The van der Waals surface area contributed by atoms with Gasteiger partial charge in [0.2, 0.25) is 5.91 Å². The number of hydrogen-bond donors (Lipinski definition) is 3. The van der Waals surface area contributed by atoms with Crippen LogP contribution in [0, 0.1) is 0 Å². The highest BCUT2D eigenvalue weighted by Gasteiger charge is 2.15. The van der Waals surface area contributed by atoms with Crippen molar-refractivity contribution in [2.75, 3.05) is 20.1 Å². The molecule has 0 saturated heterocycles. The zero-order valence-electron chi connectivity index (χ0n) is 14.5. The molecule has 1 fully saturated rings. The highest BCUT2D eigenvalue weighted by molar-refractivity contribution is 14.0. The Hall–Kier alpha value is -0.830. The summed E-state index contributed by atoms with van der Waals surface area (Å²) in [6.45, 7) is 3.24. The molecule has 7 heteroatoms. The van der Waals surface area contributed by atoms with Gasteiger partial charge in [0.05, 0.1) is 6.54 Å². The zero-order chi connectivity index (χ0) is 16.5. The summed E-state index contributed by atoms with van der Waals surface area (Å²) in [6, 6.07) is 2.50. The van der Waals surface area contributed by atoms with Crippen molar-refractivity contribution in [2.45, 2.75) is 51.0 Å². The summed E-state index contributed by atoms with van der Waals surface area (Å²) in [5.41, 5.74) is 1.33. The van der Waals surface area contributed by atoms with Gasteiger partial charge < -0.3 is 16.0 Å². The maximum absolute atomic E-state index is 12.0. The molecule has 2 rings (SSSR count). The minimum atomic E-state index is 0. The van der Waals surface area contributed by atoms with Gasteiger partial charge in [-0.25, -0.2) is 0 Å². The number of rotatable bonds is 6. The molecular weight excluding hydrogens is 435 g/mol. The molecule has 0 spiro atoms. The fourth-order valence-corrected chi connectivity index (χ4v) is 3.62. The minimum Gasteiger partial charge on any atom is -0.356 e. The Kier molecular flexibility index (Phi) is 10.3. The molecule has 1 aliphatic carbocycles. The number of carbonyl (C=O) groups excluding carboxylic acids is 1. The third-order valence-electron chi connectivity index (χ3n) is 4.30. The van der Waals surface area contributed by atoms with Crippen LogP contribution in [0.1, 0.15) is 50.5 Å². The van der Waals surface area contributed by atoms with E-state index in [0.29, 0.717) is 17.9 Å². The number of halogens is 1. The van der Waals surface area contributed by atoms with Crippen LogP contribution in [0.15, 0.2) is 21.8 Å². The number of thiophene rings is 1. The molecule has 1 aromatic rings. The van der Waals surface area contributed by atoms with Crippen molar-refractivity contribution in [3.05, 3.63) is 22.4 Å². The lowest BCUT2D eigenvalue weighted by molar-refractivity contribution is -0.120. The Balaban J connectivity index is 0.00000288. The van der Waals surface area contributed by atoms with E-state index in [9.17, 15) is 4.79 Å². The van der Waals surface area contributed by atoms with Crippen LogP contribution in [0.25, 0.3) is 0 Å². The SMILES string of the molecule is CN=C(NCC(=O)NC1CCCCC1)NCC(C)c1ccsc1.I. The van der Waals surface area contributed by atoms with Gasteiger partial charge in [0.1, 0.15) is 0 Å². The quantitative estimate of drug-likeness (QED) is 0.345. The molecule has 0 radical (unpaired) electrons. The molecule has 3 N–H and O–H groups in total. The van der Waals surface area contributed by atoms with Crippen molar-refractivity contribution in [3.8, 4) is 0 Å². The van der Waals surface area contributed by atoms with Crippen molar-refractivity contribution in [2.24, 2.45) is 4.99 Å². The molecule has 1 aliphatic rings. The number of nitrogens with one attached hydrogen (secondary N) is 3. The summed E-state index contributed by atoms with van der Waals surface area (Å²) in [5.74, 6) is 1.13. The van der Waals surface area contributed by atoms with Gasteiger partial charge in [0, 0.05) is 19.6 Å². The smallest absolute Gasteiger partial charge is 0.239 e. The highest BCUT2D eigenvalue weighted by atomic mass is 127. The Bertz CT molecular complexity index is 501. The molecule has 1 unspecified atom stereocenters. The van der Waals surface area contributed by atoms with E-state index in [0.717, 1.165) is 19.4 Å². The van der Waals surface area contributed by atoms with Gasteiger partial charge in [-0.2, -0.15) is 11.3 Å². The van der Waals surface area contributed by atoms with Crippen LogP contribution in [0.4, 0.5) is 0 Å². The molecule has 136 valence electrons. The molecule has 24 heavy (non-hydrogen) atoms. The molecular formula is C17H29IN4OS. The van der Waals surface area contributed by atoms with Crippen LogP contribution in [0.3, 0.4) is 0 Å². The van der Waals surface area contributed by atoms with Gasteiger partial charge >= 0.3 is 0 Å². The van der Waals surface area contributed by atoms with E-state index < -0.39 is 0 Å². The van der Waals surface area contributed by atoms with E-state index in [2.05, 4.69) is 44.7 Å². The molecule has 1 heterocycles. The van der Waals surface area contributed by atoms with Gasteiger partial charge in [-0.1, -0.05) is 26.2 Å². The third kappa shape index (κ3) is 7.38. The Labute approximate surface area is 166 Å². The summed E-state index contributed by atoms with van der Waals surface area (Å²) >= 11 is 1.71. The van der Waals surface area contributed by atoms with E-state index in [1.807, 2.05) is 0 Å². The molecule has 5 nitrogen and oxygen atoms in total. The fourth-order valence-electron chi connectivity index (χ4n) is 2.83. The Morgan fingerprint density at radius 1 is 1.33 bits per heavy atom. The normalized spacial score (nSPS) is 16.8. The lowest BCUT2D eigenvalue weighted by atomic mass is 9.95. The van der Waals surface area contributed by atoms with Gasteiger partial charge in [0.25, 0.3) is 0 Å². The second-order valence-electron chi connectivity index (χ2n) is 6.17. The number of carbonyl (C=O) groups is 1. The zero-order valence-corrected chi connectivity index (χ0v) is 17.7. The number of aliphatic imine (C=N–C) groups is 1. The second kappa shape index (κ2) is 11.7. The van der Waals surface area contributed by atoms with Crippen LogP contribution in [0.2, 0.25) is 0 Å². The van der Waals surface area contributed by atoms with Gasteiger partial charge in [-0.15, -0.1) is 24.0 Å². The summed E-state index contributed by atoms with van der Waals surface area (Å²) in [4.78, 5) is 16.2. The van der Waals surface area contributed by atoms with Crippen molar-refractivity contribution in [3.63, 3.8) is 0 Å². The first-order chi connectivity index (χ1) is 11.2. The van der Waals surface area contributed by atoms with E-state index >= 15 is 0 Å². The largest absolute Gasteiger partial charge is 0.356 e.